The van der Waals surface area contributed by atoms with Gasteiger partial charge in [0.05, 0.1) is 0 Å². The third-order valence-electron chi connectivity index (χ3n) is 2.12. The number of carbonyl (C=O) groups is 1. The van der Waals surface area contributed by atoms with Gasteiger partial charge >= 0.3 is 0 Å². The van der Waals surface area contributed by atoms with Crippen LogP contribution in [0, 0.1) is 6.92 Å². The van der Waals surface area contributed by atoms with Gasteiger partial charge in [0, 0.05) is 12.2 Å². The van der Waals surface area contributed by atoms with Crippen LogP contribution in [0.3, 0.4) is 0 Å². The topological polar surface area (TPSA) is 72.2 Å². The molecular formula is C11H17N5O. The van der Waals surface area contributed by atoms with E-state index in [0.29, 0.717) is 24.0 Å². The average Bonchev–Trinajstić information content (AvgIpc) is 2.60. The van der Waals surface area contributed by atoms with Crippen molar-refractivity contribution >= 4 is 23.3 Å². The second-order valence-corrected chi connectivity index (χ2v) is 3.67. The zero-order chi connectivity index (χ0) is 13.0. The van der Waals surface area contributed by atoms with Gasteiger partial charge in [0.15, 0.2) is 0 Å². The Hall–Kier alpha value is -1.98. The van der Waals surface area contributed by atoms with E-state index in [1.54, 1.807) is 11.5 Å². The van der Waals surface area contributed by atoms with E-state index in [4.69, 9.17) is 0 Å². The van der Waals surface area contributed by atoms with Gasteiger partial charge in [0.25, 0.3) is 11.9 Å². The van der Waals surface area contributed by atoms with E-state index in [9.17, 15) is 4.79 Å². The van der Waals surface area contributed by atoms with Gasteiger partial charge in [-0.3, -0.25) is 9.36 Å². The second-order valence-electron chi connectivity index (χ2n) is 3.67. The van der Waals surface area contributed by atoms with Crippen LogP contribution in [0.15, 0.2) is 11.6 Å². The maximum Gasteiger partial charge on any atom is 0.265 e. The molecule has 0 spiro atoms. The van der Waals surface area contributed by atoms with Gasteiger partial charge in [0.1, 0.15) is 11.5 Å². The SMILES string of the molecule is C=C(C)n1c(C)nnc1/N=C(\C)C(=O)NCC. The van der Waals surface area contributed by atoms with E-state index in [1.165, 1.54) is 0 Å². The highest BCUT2D eigenvalue weighted by Gasteiger charge is 2.11. The summed E-state index contributed by atoms with van der Waals surface area (Å²) < 4.78 is 1.70. The van der Waals surface area contributed by atoms with Crippen LogP contribution in [0.2, 0.25) is 0 Å². The minimum atomic E-state index is -0.207. The monoisotopic (exact) mass is 235 g/mol. The summed E-state index contributed by atoms with van der Waals surface area (Å²) in [5.74, 6) is 0.861. The van der Waals surface area contributed by atoms with E-state index in [2.05, 4.69) is 27.1 Å². The molecule has 1 heterocycles. The molecule has 1 rings (SSSR count). The number of aryl methyl sites for hydroxylation is 1. The lowest BCUT2D eigenvalue weighted by Gasteiger charge is -2.05. The molecule has 92 valence electrons. The van der Waals surface area contributed by atoms with E-state index in [0.717, 1.165) is 5.70 Å². The molecule has 17 heavy (non-hydrogen) atoms. The molecule has 0 unspecified atom stereocenters. The molecule has 1 aromatic rings. The van der Waals surface area contributed by atoms with E-state index < -0.39 is 0 Å². The van der Waals surface area contributed by atoms with Crippen LogP contribution in [0.25, 0.3) is 5.70 Å². The summed E-state index contributed by atoms with van der Waals surface area (Å²) in [6.45, 7) is 11.5. The highest BCUT2D eigenvalue weighted by atomic mass is 16.1. The fourth-order valence-corrected chi connectivity index (χ4v) is 1.36. The minimum Gasteiger partial charge on any atom is -0.351 e. The normalized spacial score (nSPS) is 11.4. The maximum absolute atomic E-state index is 11.5. The number of carbonyl (C=O) groups excluding carboxylic acids is 1. The van der Waals surface area contributed by atoms with Crippen LogP contribution in [0.4, 0.5) is 5.95 Å². The number of allylic oxidation sites excluding steroid dienone is 1. The molecule has 0 aromatic carbocycles. The molecule has 0 aliphatic heterocycles. The van der Waals surface area contributed by atoms with Crippen LogP contribution in [0.1, 0.15) is 26.6 Å². The number of hydrogen-bond donors (Lipinski definition) is 1. The predicted molar refractivity (Wildman–Crippen MR) is 67.2 cm³/mol. The van der Waals surface area contributed by atoms with Crippen LogP contribution in [-0.4, -0.2) is 32.9 Å². The first-order valence-electron chi connectivity index (χ1n) is 5.38. The zero-order valence-electron chi connectivity index (χ0n) is 10.6. The molecule has 0 radical (unpaired) electrons. The van der Waals surface area contributed by atoms with Gasteiger partial charge in [0.2, 0.25) is 0 Å². The number of amides is 1. The summed E-state index contributed by atoms with van der Waals surface area (Å²) in [4.78, 5) is 15.7. The first-order valence-corrected chi connectivity index (χ1v) is 5.38. The number of nitrogens with one attached hydrogen (secondary N) is 1. The van der Waals surface area contributed by atoms with Crippen molar-refractivity contribution in [1.29, 1.82) is 0 Å². The third-order valence-corrected chi connectivity index (χ3v) is 2.12. The number of rotatable bonds is 4. The number of aliphatic imine (C=N–C) groups is 1. The van der Waals surface area contributed by atoms with Crippen LogP contribution >= 0.6 is 0 Å². The predicted octanol–water partition coefficient (Wildman–Crippen LogP) is 1.31. The maximum atomic E-state index is 11.5. The molecule has 0 fully saturated rings. The average molecular weight is 235 g/mol. The van der Waals surface area contributed by atoms with E-state index in [1.807, 2.05) is 20.8 Å². The third kappa shape index (κ3) is 2.99. The lowest BCUT2D eigenvalue weighted by Crippen LogP contribution is -2.28. The fourth-order valence-electron chi connectivity index (χ4n) is 1.36. The summed E-state index contributed by atoms with van der Waals surface area (Å²) >= 11 is 0. The van der Waals surface area contributed by atoms with E-state index >= 15 is 0 Å². The van der Waals surface area contributed by atoms with Gasteiger partial charge in [-0.15, -0.1) is 10.2 Å². The van der Waals surface area contributed by atoms with Crippen molar-refractivity contribution in [2.75, 3.05) is 6.54 Å². The van der Waals surface area contributed by atoms with Crippen molar-refractivity contribution < 1.29 is 4.79 Å². The molecule has 0 aliphatic carbocycles. The highest BCUT2D eigenvalue weighted by molar-refractivity contribution is 6.38. The Morgan fingerprint density at radius 1 is 1.47 bits per heavy atom. The fraction of sp³-hybridized carbons (Fsp3) is 0.455. The van der Waals surface area contributed by atoms with Crippen molar-refractivity contribution in [1.82, 2.24) is 20.1 Å². The van der Waals surface area contributed by atoms with Crippen LogP contribution < -0.4 is 5.32 Å². The second kappa shape index (κ2) is 5.38. The first-order chi connectivity index (χ1) is 7.97. The molecule has 0 atom stereocenters. The number of aromatic nitrogens is 3. The summed E-state index contributed by atoms with van der Waals surface area (Å²) in [6.07, 6.45) is 0. The number of nitrogens with zero attached hydrogens (tertiary/aromatic N) is 4. The smallest absolute Gasteiger partial charge is 0.265 e. The Bertz CT molecular complexity index is 472. The summed E-state index contributed by atoms with van der Waals surface area (Å²) in [6, 6.07) is 0. The Kier molecular flexibility index (Phi) is 4.14. The van der Waals surface area contributed by atoms with E-state index in [-0.39, 0.29) is 5.91 Å². The molecule has 1 aromatic heterocycles. The standard InChI is InChI=1S/C11H17N5O/c1-6-12-10(17)8(4)13-11-15-14-9(5)16(11)7(2)3/h2,6H2,1,3-5H3,(H,12,17)/b13-8+. The van der Waals surface area contributed by atoms with Gasteiger partial charge in [-0.05, 0) is 27.7 Å². The van der Waals surface area contributed by atoms with Crippen molar-refractivity contribution in [2.45, 2.75) is 27.7 Å². The summed E-state index contributed by atoms with van der Waals surface area (Å²) in [5, 5.41) is 10.5. The van der Waals surface area contributed by atoms with Crippen molar-refractivity contribution in [3.05, 3.63) is 12.4 Å². The van der Waals surface area contributed by atoms with Gasteiger partial charge < -0.3 is 5.32 Å². The number of hydrogen-bond acceptors (Lipinski definition) is 4. The first kappa shape index (κ1) is 13.1. The largest absolute Gasteiger partial charge is 0.351 e. The Morgan fingerprint density at radius 2 is 2.12 bits per heavy atom. The van der Waals surface area contributed by atoms with Crippen molar-refractivity contribution in [2.24, 2.45) is 4.99 Å². The van der Waals surface area contributed by atoms with Gasteiger partial charge in [-0.2, -0.15) is 0 Å². The van der Waals surface area contributed by atoms with Crippen LogP contribution in [-0.2, 0) is 4.79 Å². The Labute approximate surface area is 100 Å². The Balaban J connectivity index is 3.06. The van der Waals surface area contributed by atoms with Crippen molar-refractivity contribution in [3.63, 3.8) is 0 Å². The lowest BCUT2D eigenvalue weighted by atomic mass is 10.4. The highest BCUT2D eigenvalue weighted by Crippen LogP contribution is 2.15. The van der Waals surface area contributed by atoms with Crippen LogP contribution in [0.5, 0.6) is 0 Å². The zero-order valence-corrected chi connectivity index (χ0v) is 10.6. The molecular weight excluding hydrogens is 218 g/mol. The van der Waals surface area contributed by atoms with Gasteiger partial charge in [-0.25, -0.2) is 4.99 Å². The lowest BCUT2D eigenvalue weighted by molar-refractivity contribution is -0.114. The molecule has 0 bridgehead atoms. The summed E-state index contributed by atoms with van der Waals surface area (Å²) in [7, 11) is 0. The van der Waals surface area contributed by atoms with Crippen molar-refractivity contribution in [3.8, 4) is 0 Å². The molecule has 0 aliphatic rings. The molecule has 0 saturated carbocycles. The molecule has 0 saturated heterocycles. The molecule has 1 N–H and O–H groups in total. The minimum absolute atomic E-state index is 0.207. The Morgan fingerprint density at radius 3 is 2.65 bits per heavy atom. The quantitative estimate of drug-likeness (QED) is 0.800. The molecule has 1 amide bonds. The molecule has 6 nitrogen and oxygen atoms in total. The van der Waals surface area contributed by atoms with Gasteiger partial charge in [-0.1, -0.05) is 6.58 Å². The summed E-state index contributed by atoms with van der Waals surface area (Å²) in [5.41, 5.74) is 1.11. The molecule has 6 heteroatoms.